The molecule has 0 saturated heterocycles. The Labute approximate surface area is 78.1 Å². The first kappa shape index (κ1) is 13.2. The van der Waals surface area contributed by atoms with Crippen LogP contribution in [0.25, 0.3) is 0 Å². The predicted octanol–water partition coefficient (Wildman–Crippen LogP) is 4.50. The molecule has 0 nitrogen and oxygen atoms in total. The summed E-state index contributed by atoms with van der Waals surface area (Å²) < 4.78 is 0. The summed E-state index contributed by atoms with van der Waals surface area (Å²) in [5, 5.41) is 0. The SMILES string of the molecule is CP(P)[P@](C)[PH](C)(C)P(C)C. The molecule has 0 amide bonds. The summed E-state index contributed by atoms with van der Waals surface area (Å²) in [7, 11) is 4.05. The van der Waals surface area contributed by atoms with E-state index >= 15 is 0 Å². The Bertz CT molecular complexity index is 120. The van der Waals surface area contributed by atoms with E-state index in [1.807, 2.05) is 0 Å². The van der Waals surface area contributed by atoms with Crippen molar-refractivity contribution >= 4 is 37.8 Å². The maximum atomic E-state index is 3.04. The van der Waals surface area contributed by atoms with Crippen molar-refractivity contribution in [2.24, 2.45) is 0 Å². The van der Waals surface area contributed by atoms with Crippen molar-refractivity contribution < 1.29 is 0 Å². The van der Waals surface area contributed by atoms with Gasteiger partial charge < -0.3 is 0 Å². The summed E-state index contributed by atoms with van der Waals surface area (Å²) in [6.07, 6.45) is 0. The summed E-state index contributed by atoms with van der Waals surface area (Å²) in [5.41, 5.74) is 0. The van der Waals surface area contributed by atoms with Gasteiger partial charge in [0.25, 0.3) is 0 Å². The summed E-state index contributed by atoms with van der Waals surface area (Å²) in [6.45, 7) is 14.2. The van der Waals surface area contributed by atoms with Gasteiger partial charge in [-0.25, -0.2) is 0 Å². The van der Waals surface area contributed by atoms with Gasteiger partial charge in [0, 0.05) is 0 Å². The van der Waals surface area contributed by atoms with Crippen LogP contribution in [0.4, 0.5) is 0 Å². The zero-order valence-electron chi connectivity index (χ0n) is 8.42. The summed E-state index contributed by atoms with van der Waals surface area (Å²) in [6, 6.07) is 0. The second-order valence-electron chi connectivity index (χ2n) is 3.49. The average molecular weight is 248 g/mol. The van der Waals surface area contributed by atoms with Crippen molar-refractivity contribution in [3.05, 3.63) is 0 Å². The van der Waals surface area contributed by atoms with E-state index in [-0.39, 0.29) is 7.30 Å². The van der Waals surface area contributed by atoms with Crippen LogP contribution in [0.2, 0.25) is 0 Å². The zero-order chi connectivity index (χ0) is 9.23. The van der Waals surface area contributed by atoms with Crippen LogP contribution in [0.5, 0.6) is 0 Å². The van der Waals surface area contributed by atoms with Gasteiger partial charge in [-0.05, 0) is 0 Å². The monoisotopic (exact) mass is 248 g/mol. The standard InChI is InChI=1S/C6H21P5/c1-8(2)11(5,6)10(4)9(3)7/h11H,7H2,1-6H3/t9?,10-/m0/s1. The first-order chi connectivity index (χ1) is 4.80. The second-order valence-corrected chi connectivity index (χ2v) is 31.4. The molecule has 2 unspecified atom stereocenters. The van der Waals surface area contributed by atoms with Crippen LogP contribution in [-0.4, -0.2) is 40.0 Å². The van der Waals surface area contributed by atoms with Crippen LogP contribution >= 0.6 is 37.8 Å². The van der Waals surface area contributed by atoms with E-state index in [9.17, 15) is 0 Å². The molecule has 0 spiro atoms. The van der Waals surface area contributed by atoms with Gasteiger partial charge in [-0.15, -0.1) is 0 Å². The molecule has 0 aromatic heterocycles. The van der Waals surface area contributed by atoms with Crippen molar-refractivity contribution in [3.8, 4) is 0 Å². The van der Waals surface area contributed by atoms with E-state index in [4.69, 9.17) is 0 Å². The molecule has 0 radical (unpaired) electrons. The quantitative estimate of drug-likeness (QED) is 0.645. The van der Waals surface area contributed by atoms with Gasteiger partial charge in [0.15, 0.2) is 0 Å². The van der Waals surface area contributed by atoms with E-state index in [2.05, 4.69) is 48.9 Å². The van der Waals surface area contributed by atoms with Crippen molar-refractivity contribution in [3.63, 3.8) is 0 Å². The normalized spacial score (nSPS) is 20.0. The van der Waals surface area contributed by atoms with Crippen LogP contribution < -0.4 is 0 Å². The molecule has 0 aromatic rings. The molecule has 0 rings (SSSR count). The molecule has 3 atom stereocenters. The summed E-state index contributed by atoms with van der Waals surface area (Å²) >= 11 is 0. The molecule has 5 heteroatoms. The molecule has 0 fully saturated rings. The Morgan fingerprint density at radius 3 is 1.45 bits per heavy atom. The van der Waals surface area contributed by atoms with Gasteiger partial charge in [0.2, 0.25) is 0 Å². The van der Waals surface area contributed by atoms with E-state index < -0.39 is 6.64 Å². The van der Waals surface area contributed by atoms with E-state index in [0.717, 1.165) is 0 Å². The topological polar surface area (TPSA) is 0 Å². The molecule has 0 heterocycles. The molecule has 0 bridgehead atoms. The van der Waals surface area contributed by atoms with Crippen LogP contribution in [-0.2, 0) is 0 Å². The molecule has 70 valence electrons. The Morgan fingerprint density at radius 1 is 1.00 bits per heavy atom. The molecule has 0 aliphatic heterocycles. The molecule has 0 saturated carbocycles. The van der Waals surface area contributed by atoms with Gasteiger partial charge in [-0.3, -0.25) is 0 Å². The second kappa shape index (κ2) is 5.14. The van der Waals surface area contributed by atoms with Crippen LogP contribution in [0.1, 0.15) is 0 Å². The number of rotatable bonds is 3. The third kappa shape index (κ3) is 3.80. The molecule has 11 heavy (non-hydrogen) atoms. The van der Waals surface area contributed by atoms with Crippen LogP contribution in [0, 0.1) is 0 Å². The molecular weight excluding hydrogens is 227 g/mol. The van der Waals surface area contributed by atoms with Gasteiger partial charge in [-0.1, -0.05) is 0 Å². The first-order valence-electron chi connectivity index (χ1n) is 3.69. The minimum atomic E-state index is -0.810. The molecular formula is C6H21P5. The predicted molar refractivity (Wildman–Crippen MR) is 74.3 cm³/mol. The molecule has 0 aromatic carbocycles. The number of hydrogen-bond acceptors (Lipinski definition) is 0. The van der Waals surface area contributed by atoms with Crippen LogP contribution in [0.3, 0.4) is 0 Å². The zero-order valence-corrected chi connectivity index (χ0v) is 13.3. The van der Waals surface area contributed by atoms with E-state index in [0.29, 0.717) is 14.9 Å². The van der Waals surface area contributed by atoms with Crippen LogP contribution in [0.15, 0.2) is 0 Å². The first-order valence-corrected chi connectivity index (χ1v) is 16.5. The fourth-order valence-electron chi connectivity index (χ4n) is 0.675. The minimum absolute atomic E-state index is 0.277. The van der Waals surface area contributed by atoms with Crippen molar-refractivity contribution in [1.29, 1.82) is 0 Å². The van der Waals surface area contributed by atoms with Crippen molar-refractivity contribution in [1.82, 2.24) is 0 Å². The molecule has 0 aliphatic carbocycles. The fraction of sp³-hybridized carbons (Fsp3) is 1.00. The summed E-state index contributed by atoms with van der Waals surface area (Å²) in [4.78, 5) is 0. The Hall–Kier alpha value is 2.15. The molecule has 0 aliphatic rings. The van der Waals surface area contributed by atoms with Gasteiger partial charge >= 0.3 is 77.8 Å². The Balaban J connectivity index is 4.29. The third-order valence-corrected chi connectivity index (χ3v) is 41.5. The van der Waals surface area contributed by atoms with Crippen molar-refractivity contribution in [2.45, 2.75) is 0 Å². The van der Waals surface area contributed by atoms with Gasteiger partial charge in [0.1, 0.15) is 0 Å². The fourth-order valence-corrected chi connectivity index (χ4v) is 37.3. The summed E-state index contributed by atoms with van der Waals surface area (Å²) in [5.74, 6) is 0. The average Bonchev–Trinajstić information content (AvgIpc) is 1.85. The Morgan fingerprint density at radius 2 is 1.36 bits per heavy atom. The third-order valence-electron chi connectivity index (χ3n) is 2.36. The molecule has 0 N–H and O–H groups in total. The van der Waals surface area contributed by atoms with Gasteiger partial charge in [0.05, 0.1) is 0 Å². The van der Waals surface area contributed by atoms with Crippen molar-refractivity contribution in [2.75, 3.05) is 40.0 Å². The Kier molecular flexibility index (Phi) is 6.14. The van der Waals surface area contributed by atoms with Gasteiger partial charge in [-0.2, -0.15) is 0 Å². The maximum absolute atomic E-state index is 3.04. The van der Waals surface area contributed by atoms with E-state index in [1.165, 1.54) is 0 Å². The number of hydrogen-bond donors (Lipinski definition) is 0. The van der Waals surface area contributed by atoms with E-state index in [1.54, 1.807) is 0 Å².